The summed E-state index contributed by atoms with van der Waals surface area (Å²) in [7, 11) is 1.61. The van der Waals surface area contributed by atoms with E-state index in [1.54, 1.807) is 13.2 Å². The molecular formula is C21H14BrNO3. The smallest absolute Gasteiger partial charge is 0.363 e. The number of fused-ring (bicyclic) bond motifs is 1. The van der Waals surface area contributed by atoms with E-state index in [4.69, 9.17) is 9.47 Å². The van der Waals surface area contributed by atoms with Crippen LogP contribution in [0.4, 0.5) is 0 Å². The molecule has 128 valence electrons. The fraction of sp³-hybridized carbons (Fsp3) is 0.0476. The van der Waals surface area contributed by atoms with Crippen molar-refractivity contribution in [1.29, 1.82) is 0 Å². The number of ether oxygens (including phenoxy) is 2. The molecule has 0 spiro atoms. The summed E-state index contributed by atoms with van der Waals surface area (Å²) in [5.74, 6) is 0.492. The Morgan fingerprint density at radius 1 is 1.08 bits per heavy atom. The maximum Gasteiger partial charge on any atom is 0.363 e. The van der Waals surface area contributed by atoms with Crippen molar-refractivity contribution in [3.63, 3.8) is 0 Å². The quantitative estimate of drug-likeness (QED) is 0.455. The number of benzene rings is 3. The third-order valence-corrected chi connectivity index (χ3v) is 4.62. The average Bonchev–Trinajstić information content (AvgIpc) is 3.03. The number of carbonyl (C=O) groups excluding carboxylic acids is 1. The van der Waals surface area contributed by atoms with Crippen molar-refractivity contribution in [3.05, 3.63) is 82.0 Å². The minimum Gasteiger partial charge on any atom is -0.496 e. The van der Waals surface area contributed by atoms with E-state index in [-0.39, 0.29) is 5.70 Å². The Morgan fingerprint density at radius 3 is 2.73 bits per heavy atom. The van der Waals surface area contributed by atoms with Gasteiger partial charge in [0.25, 0.3) is 0 Å². The molecule has 0 aliphatic carbocycles. The van der Waals surface area contributed by atoms with Crippen LogP contribution in [0.25, 0.3) is 16.8 Å². The number of esters is 1. The second kappa shape index (κ2) is 6.77. The number of cyclic esters (lactones) is 1. The van der Waals surface area contributed by atoms with E-state index in [0.29, 0.717) is 11.6 Å². The van der Waals surface area contributed by atoms with Crippen molar-refractivity contribution in [2.24, 2.45) is 4.99 Å². The summed E-state index contributed by atoms with van der Waals surface area (Å²) in [6, 6.07) is 19.3. The molecule has 1 heterocycles. The largest absolute Gasteiger partial charge is 0.496 e. The lowest BCUT2D eigenvalue weighted by atomic mass is 10.0. The first-order chi connectivity index (χ1) is 12.7. The molecule has 0 atom stereocenters. The molecule has 0 saturated heterocycles. The predicted octanol–water partition coefficient (Wildman–Crippen LogP) is 4.96. The van der Waals surface area contributed by atoms with Crippen LogP contribution in [0.1, 0.15) is 11.1 Å². The van der Waals surface area contributed by atoms with Crippen molar-refractivity contribution < 1.29 is 14.3 Å². The molecule has 1 aliphatic rings. The van der Waals surface area contributed by atoms with Crippen LogP contribution < -0.4 is 4.74 Å². The first-order valence-corrected chi connectivity index (χ1v) is 8.79. The fourth-order valence-corrected chi connectivity index (χ4v) is 3.29. The summed E-state index contributed by atoms with van der Waals surface area (Å²) in [5.41, 5.74) is 1.78. The highest BCUT2D eigenvalue weighted by molar-refractivity contribution is 9.10. The van der Waals surface area contributed by atoms with Gasteiger partial charge in [0.2, 0.25) is 5.90 Å². The van der Waals surface area contributed by atoms with Gasteiger partial charge in [0.05, 0.1) is 7.11 Å². The number of hydrogen-bond donors (Lipinski definition) is 0. The molecule has 3 aromatic rings. The standard InChI is InChI=1S/C21H14BrNO3/c1-25-19-10-9-13-5-2-3-8-16(13)17(19)12-18-21(24)26-20(23-18)14-6-4-7-15(22)11-14/h2-12H,1H3/b18-12+. The topological polar surface area (TPSA) is 47.9 Å². The van der Waals surface area contributed by atoms with Crippen LogP contribution in [0.2, 0.25) is 0 Å². The van der Waals surface area contributed by atoms with Crippen LogP contribution in [-0.2, 0) is 9.53 Å². The van der Waals surface area contributed by atoms with Gasteiger partial charge in [-0.3, -0.25) is 0 Å². The van der Waals surface area contributed by atoms with Crippen LogP contribution in [0.15, 0.2) is 75.8 Å². The molecule has 0 fully saturated rings. The third kappa shape index (κ3) is 3.02. The Hall–Kier alpha value is -2.92. The summed E-state index contributed by atoms with van der Waals surface area (Å²) in [4.78, 5) is 16.7. The monoisotopic (exact) mass is 407 g/mol. The summed E-state index contributed by atoms with van der Waals surface area (Å²) in [6.07, 6.45) is 1.72. The second-order valence-corrected chi connectivity index (χ2v) is 6.66. The van der Waals surface area contributed by atoms with Gasteiger partial charge in [-0.2, -0.15) is 0 Å². The minimum absolute atomic E-state index is 0.245. The summed E-state index contributed by atoms with van der Waals surface area (Å²) >= 11 is 3.41. The van der Waals surface area contributed by atoms with Gasteiger partial charge in [0.15, 0.2) is 5.70 Å². The molecule has 0 bridgehead atoms. The average molecular weight is 408 g/mol. The molecule has 0 radical (unpaired) electrons. The molecular weight excluding hydrogens is 394 g/mol. The second-order valence-electron chi connectivity index (χ2n) is 5.75. The molecule has 0 unspecified atom stereocenters. The maximum atomic E-state index is 12.3. The Labute approximate surface area is 158 Å². The van der Waals surface area contributed by atoms with Gasteiger partial charge in [-0.1, -0.05) is 52.3 Å². The molecule has 0 N–H and O–H groups in total. The predicted molar refractivity (Wildman–Crippen MR) is 105 cm³/mol. The van der Waals surface area contributed by atoms with E-state index in [1.807, 2.05) is 60.7 Å². The van der Waals surface area contributed by atoms with E-state index in [0.717, 1.165) is 26.4 Å². The van der Waals surface area contributed by atoms with Crippen molar-refractivity contribution in [1.82, 2.24) is 0 Å². The third-order valence-electron chi connectivity index (χ3n) is 4.12. The molecule has 1 aliphatic heterocycles. The Balaban J connectivity index is 1.84. The van der Waals surface area contributed by atoms with E-state index >= 15 is 0 Å². The van der Waals surface area contributed by atoms with Crippen molar-refractivity contribution in [2.75, 3.05) is 7.11 Å². The van der Waals surface area contributed by atoms with E-state index in [2.05, 4.69) is 20.9 Å². The van der Waals surface area contributed by atoms with Crippen LogP contribution in [0.3, 0.4) is 0 Å². The van der Waals surface area contributed by atoms with Gasteiger partial charge >= 0.3 is 5.97 Å². The van der Waals surface area contributed by atoms with Gasteiger partial charge in [0, 0.05) is 15.6 Å². The molecule has 26 heavy (non-hydrogen) atoms. The first kappa shape index (κ1) is 16.5. The van der Waals surface area contributed by atoms with Crippen LogP contribution in [-0.4, -0.2) is 19.0 Å². The summed E-state index contributed by atoms with van der Waals surface area (Å²) in [5, 5.41) is 2.04. The summed E-state index contributed by atoms with van der Waals surface area (Å²) < 4.78 is 11.7. The lowest BCUT2D eigenvalue weighted by Gasteiger charge is -2.08. The van der Waals surface area contributed by atoms with Crippen molar-refractivity contribution in [2.45, 2.75) is 0 Å². The molecule has 3 aromatic carbocycles. The fourth-order valence-electron chi connectivity index (χ4n) is 2.89. The zero-order valence-electron chi connectivity index (χ0n) is 13.9. The van der Waals surface area contributed by atoms with Gasteiger partial charge in [0.1, 0.15) is 5.75 Å². The van der Waals surface area contributed by atoms with Crippen molar-refractivity contribution in [3.8, 4) is 5.75 Å². The Bertz CT molecular complexity index is 1090. The number of nitrogens with zero attached hydrogens (tertiary/aromatic N) is 1. The minimum atomic E-state index is -0.477. The number of hydrogen-bond acceptors (Lipinski definition) is 4. The highest BCUT2D eigenvalue weighted by Crippen LogP contribution is 2.31. The van der Waals surface area contributed by atoms with Crippen LogP contribution in [0, 0.1) is 0 Å². The lowest BCUT2D eigenvalue weighted by Crippen LogP contribution is -2.05. The maximum absolute atomic E-state index is 12.3. The van der Waals surface area contributed by atoms with E-state index in [9.17, 15) is 4.79 Å². The zero-order chi connectivity index (χ0) is 18.1. The summed E-state index contributed by atoms with van der Waals surface area (Å²) in [6.45, 7) is 0. The van der Waals surface area contributed by atoms with Crippen LogP contribution >= 0.6 is 15.9 Å². The highest BCUT2D eigenvalue weighted by atomic mass is 79.9. The van der Waals surface area contributed by atoms with E-state index < -0.39 is 5.97 Å². The Morgan fingerprint density at radius 2 is 1.92 bits per heavy atom. The molecule has 0 aromatic heterocycles. The normalized spacial score (nSPS) is 15.2. The van der Waals surface area contributed by atoms with Crippen LogP contribution in [0.5, 0.6) is 5.75 Å². The molecule has 4 rings (SSSR count). The van der Waals surface area contributed by atoms with Gasteiger partial charge in [-0.05, 0) is 41.1 Å². The number of carbonyl (C=O) groups is 1. The number of aliphatic imine (C=N–C) groups is 1. The number of methoxy groups -OCH3 is 1. The van der Waals surface area contributed by atoms with E-state index in [1.165, 1.54) is 0 Å². The molecule has 5 heteroatoms. The Kier molecular flexibility index (Phi) is 4.31. The molecule has 0 amide bonds. The van der Waals surface area contributed by atoms with Gasteiger partial charge in [-0.15, -0.1) is 0 Å². The zero-order valence-corrected chi connectivity index (χ0v) is 15.5. The number of rotatable bonds is 3. The first-order valence-electron chi connectivity index (χ1n) is 8.00. The highest BCUT2D eigenvalue weighted by Gasteiger charge is 2.25. The molecule has 4 nitrogen and oxygen atoms in total. The van der Waals surface area contributed by atoms with Gasteiger partial charge in [-0.25, -0.2) is 9.79 Å². The number of halogens is 1. The SMILES string of the molecule is COc1ccc2ccccc2c1/C=C1/N=C(c2cccc(Br)c2)OC1=O. The lowest BCUT2D eigenvalue weighted by molar-refractivity contribution is -0.129. The van der Waals surface area contributed by atoms with Crippen molar-refractivity contribution >= 4 is 44.6 Å². The molecule has 0 saturated carbocycles. The van der Waals surface area contributed by atoms with Gasteiger partial charge < -0.3 is 9.47 Å².